The molecule has 2 fully saturated rings. The molecule has 0 N–H and O–H groups in total. The molecule has 0 radical (unpaired) electrons. The molecule has 1 aliphatic carbocycles. The minimum Gasteiger partial charge on any atom is -0.467 e. The molecular weight excluding hydrogens is 422 g/mol. The van der Waals surface area contributed by atoms with Crippen molar-refractivity contribution < 1.29 is 9.47 Å². The average Bonchev–Trinajstić information content (AvgIpc) is 2.77. The molecular formula is C18H21Br2NO2. The lowest BCUT2D eigenvalue weighted by Gasteiger charge is -2.48. The summed E-state index contributed by atoms with van der Waals surface area (Å²) in [6.45, 7) is 3.49. The maximum Gasteiger partial charge on any atom is 0.186 e. The minimum atomic E-state index is -0.274. The van der Waals surface area contributed by atoms with Crippen LogP contribution >= 0.6 is 31.9 Å². The highest BCUT2D eigenvalue weighted by Gasteiger charge is 2.46. The van der Waals surface area contributed by atoms with Gasteiger partial charge in [-0.3, -0.25) is 4.90 Å². The maximum atomic E-state index is 6.76. The summed E-state index contributed by atoms with van der Waals surface area (Å²) in [4.78, 5) is 2.51. The SMILES string of the molecule is Brc1cc(Br)c2c(c1)C=C1CCCCC[C@]1(N1CCOCC1)O2. The van der Waals surface area contributed by atoms with Gasteiger partial charge in [0.15, 0.2) is 5.72 Å². The number of ether oxygens (including phenoxy) is 2. The first-order valence-corrected chi connectivity index (χ1v) is 9.99. The van der Waals surface area contributed by atoms with Crippen LogP contribution in [0.3, 0.4) is 0 Å². The zero-order chi connectivity index (χ0) is 15.9. The molecule has 4 rings (SSSR count). The second kappa shape index (κ2) is 6.51. The molecule has 2 aliphatic heterocycles. The monoisotopic (exact) mass is 441 g/mol. The van der Waals surface area contributed by atoms with E-state index in [9.17, 15) is 0 Å². The molecule has 1 aromatic rings. The first-order chi connectivity index (χ1) is 11.2. The summed E-state index contributed by atoms with van der Waals surface area (Å²) in [7, 11) is 0. The topological polar surface area (TPSA) is 21.7 Å². The van der Waals surface area contributed by atoms with Gasteiger partial charge in [0.2, 0.25) is 0 Å². The molecule has 3 nitrogen and oxygen atoms in total. The Bertz CT molecular complexity index is 640. The standard InChI is InChI=1S/C18H21Br2NO2/c19-15-11-13-10-14-4-2-1-3-5-18(14,21-6-8-22-9-7-21)23-17(13)16(20)12-15/h10-12H,1-9H2/t18-/m0/s1. The Labute approximate surface area is 154 Å². The van der Waals surface area contributed by atoms with Crippen LogP contribution in [-0.4, -0.2) is 36.9 Å². The molecule has 1 atom stereocenters. The highest BCUT2D eigenvalue weighted by atomic mass is 79.9. The molecule has 23 heavy (non-hydrogen) atoms. The van der Waals surface area contributed by atoms with E-state index in [1.165, 1.54) is 30.4 Å². The highest BCUT2D eigenvalue weighted by molar-refractivity contribution is 9.11. The first-order valence-electron chi connectivity index (χ1n) is 8.41. The van der Waals surface area contributed by atoms with Gasteiger partial charge in [0.1, 0.15) is 5.75 Å². The summed E-state index contributed by atoms with van der Waals surface area (Å²) in [6, 6.07) is 4.22. The van der Waals surface area contributed by atoms with E-state index in [-0.39, 0.29) is 5.72 Å². The van der Waals surface area contributed by atoms with Crippen molar-refractivity contribution in [2.24, 2.45) is 0 Å². The van der Waals surface area contributed by atoms with Crippen molar-refractivity contribution >= 4 is 37.9 Å². The predicted octanol–water partition coefficient (Wildman–Crippen LogP) is 4.98. The van der Waals surface area contributed by atoms with Gasteiger partial charge in [-0.25, -0.2) is 0 Å². The van der Waals surface area contributed by atoms with Crippen molar-refractivity contribution in [2.45, 2.75) is 37.8 Å². The van der Waals surface area contributed by atoms with Crippen molar-refractivity contribution in [3.63, 3.8) is 0 Å². The Hall–Kier alpha value is -0.360. The quantitative estimate of drug-likeness (QED) is 0.612. The zero-order valence-corrected chi connectivity index (χ0v) is 16.3. The van der Waals surface area contributed by atoms with Gasteiger partial charge in [0, 0.05) is 29.5 Å². The molecule has 0 unspecified atom stereocenters. The summed E-state index contributed by atoms with van der Waals surface area (Å²) in [5, 5.41) is 0. The molecule has 1 aromatic carbocycles. The fraction of sp³-hybridized carbons (Fsp3) is 0.556. The fourth-order valence-electron chi connectivity index (χ4n) is 4.02. The predicted molar refractivity (Wildman–Crippen MR) is 98.7 cm³/mol. The Morgan fingerprint density at radius 3 is 2.70 bits per heavy atom. The van der Waals surface area contributed by atoms with Crippen LogP contribution < -0.4 is 4.74 Å². The van der Waals surface area contributed by atoms with Crippen molar-refractivity contribution in [1.82, 2.24) is 4.90 Å². The largest absolute Gasteiger partial charge is 0.467 e. The van der Waals surface area contributed by atoms with Gasteiger partial charge >= 0.3 is 0 Å². The van der Waals surface area contributed by atoms with Gasteiger partial charge in [-0.1, -0.05) is 22.4 Å². The molecule has 124 valence electrons. The summed E-state index contributed by atoms with van der Waals surface area (Å²) < 4.78 is 14.4. The van der Waals surface area contributed by atoms with E-state index >= 15 is 0 Å². The maximum absolute atomic E-state index is 6.76. The molecule has 5 heteroatoms. The number of hydrogen-bond acceptors (Lipinski definition) is 3. The number of hydrogen-bond donors (Lipinski definition) is 0. The van der Waals surface area contributed by atoms with Crippen molar-refractivity contribution in [2.75, 3.05) is 26.3 Å². The van der Waals surface area contributed by atoms with Gasteiger partial charge in [-0.05, 0) is 59.0 Å². The lowest BCUT2D eigenvalue weighted by atomic mass is 9.90. The number of fused-ring (bicyclic) bond motifs is 2. The fourth-order valence-corrected chi connectivity index (χ4v) is 5.36. The van der Waals surface area contributed by atoms with E-state index in [2.05, 4.69) is 55.0 Å². The van der Waals surface area contributed by atoms with E-state index in [1.807, 2.05) is 0 Å². The van der Waals surface area contributed by atoms with Gasteiger partial charge in [-0.15, -0.1) is 0 Å². The molecule has 0 aromatic heterocycles. The normalized spacial score (nSPS) is 28.2. The summed E-state index contributed by atoms with van der Waals surface area (Å²) >= 11 is 7.28. The Balaban J connectivity index is 1.81. The zero-order valence-electron chi connectivity index (χ0n) is 13.1. The van der Waals surface area contributed by atoms with Crippen LogP contribution in [0, 0.1) is 0 Å². The molecule has 1 saturated carbocycles. The number of rotatable bonds is 1. The van der Waals surface area contributed by atoms with Crippen LogP contribution in [-0.2, 0) is 4.74 Å². The molecule has 0 spiro atoms. The van der Waals surface area contributed by atoms with E-state index in [0.29, 0.717) is 0 Å². The second-order valence-electron chi connectivity index (χ2n) is 6.52. The third-order valence-corrected chi connectivity index (χ3v) is 6.17. The van der Waals surface area contributed by atoms with E-state index < -0.39 is 0 Å². The summed E-state index contributed by atoms with van der Waals surface area (Å²) in [6.07, 6.45) is 8.33. The second-order valence-corrected chi connectivity index (χ2v) is 8.29. The number of benzene rings is 1. The van der Waals surface area contributed by atoms with Crippen LogP contribution in [0.15, 0.2) is 26.7 Å². The summed E-state index contributed by atoms with van der Waals surface area (Å²) in [5.74, 6) is 0.977. The van der Waals surface area contributed by atoms with Crippen LogP contribution in [0.25, 0.3) is 6.08 Å². The number of nitrogens with zero attached hydrogens (tertiary/aromatic N) is 1. The van der Waals surface area contributed by atoms with E-state index in [4.69, 9.17) is 9.47 Å². The lowest BCUT2D eigenvalue weighted by Crippen LogP contribution is -2.58. The lowest BCUT2D eigenvalue weighted by molar-refractivity contribution is -0.105. The van der Waals surface area contributed by atoms with Crippen LogP contribution in [0.1, 0.15) is 37.7 Å². The van der Waals surface area contributed by atoms with Crippen LogP contribution in [0.4, 0.5) is 0 Å². The Morgan fingerprint density at radius 1 is 1.04 bits per heavy atom. The average molecular weight is 443 g/mol. The molecule has 0 bridgehead atoms. The van der Waals surface area contributed by atoms with E-state index in [1.54, 1.807) is 0 Å². The van der Waals surface area contributed by atoms with Crippen molar-refractivity contribution in [3.8, 4) is 5.75 Å². The molecule has 0 amide bonds. The van der Waals surface area contributed by atoms with Gasteiger partial charge in [0.25, 0.3) is 0 Å². The van der Waals surface area contributed by atoms with Crippen molar-refractivity contribution in [1.29, 1.82) is 0 Å². The van der Waals surface area contributed by atoms with Crippen molar-refractivity contribution in [3.05, 3.63) is 32.2 Å². The van der Waals surface area contributed by atoms with Gasteiger partial charge in [0.05, 0.1) is 17.7 Å². The third kappa shape index (κ3) is 2.90. The summed E-state index contributed by atoms with van der Waals surface area (Å²) in [5.41, 5.74) is 2.34. The number of morpholine rings is 1. The first kappa shape index (κ1) is 16.1. The number of halogens is 2. The highest BCUT2D eigenvalue weighted by Crippen LogP contribution is 2.48. The Morgan fingerprint density at radius 2 is 1.87 bits per heavy atom. The van der Waals surface area contributed by atoms with Crippen LogP contribution in [0.2, 0.25) is 0 Å². The Kier molecular flexibility index (Phi) is 4.56. The van der Waals surface area contributed by atoms with E-state index in [0.717, 1.165) is 53.8 Å². The molecule has 1 saturated heterocycles. The minimum absolute atomic E-state index is 0.274. The van der Waals surface area contributed by atoms with Crippen LogP contribution in [0.5, 0.6) is 5.75 Å². The molecule has 3 aliphatic rings. The third-order valence-electron chi connectivity index (χ3n) is 5.12. The van der Waals surface area contributed by atoms with Gasteiger partial charge < -0.3 is 9.47 Å². The smallest absolute Gasteiger partial charge is 0.186 e. The molecule has 2 heterocycles. The van der Waals surface area contributed by atoms with Gasteiger partial charge in [-0.2, -0.15) is 0 Å².